The van der Waals surface area contributed by atoms with Crippen LogP contribution in [0.25, 0.3) is 0 Å². The van der Waals surface area contributed by atoms with Crippen molar-refractivity contribution in [2.24, 2.45) is 5.92 Å². The van der Waals surface area contributed by atoms with Gasteiger partial charge in [0.15, 0.2) is 0 Å². The van der Waals surface area contributed by atoms with E-state index in [1.54, 1.807) is 6.92 Å². The minimum absolute atomic E-state index is 0.337. The molecule has 2 atom stereocenters. The fourth-order valence-electron chi connectivity index (χ4n) is 1.23. The minimum atomic E-state index is -0.645. The lowest BCUT2D eigenvalue weighted by molar-refractivity contribution is -0.163. The van der Waals surface area contributed by atoms with Crippen LogP contribution in [0.3, 0.4) is 0 Å². The number of hydrogen-bond donors (Lipinski definition) is 2. The molecule has 0 aliphatic heterocycles. The predicted molar refractivity (Wildman–Crippen MR) is 64.2 cm³/mol. The molecule has 0 aromatic carbocycles. The topological polar surface area (TPSA) is 58.6 Å². The Morgan fingerprint density at radius 2 is 2.00 bits per heavy atom. The molecule has 0 aromatic heterocycles. The first-order valence-corrected chi connectivity index (χ1v) is 5.89. The van der Waals surface area contributed by atoms with E-state index in [1.165, 1.54) is 0 Å². The molecule has 0 saturated heterocycles. The van der Waals surface area contributed by atoms with Crippen molar-refractivity contribution in [3.63, 3.8) is 0 Å². The molecule has 4 heteroatoms. The molecule has 0 radical (unpaired) electrons. The minimum Gasteiger partial charge on any atom is -0.460 e. The van der Waals surface area contributed by atoms with E-state index in [0.29, 0.717) is 13.0 Å². The molecular formula is C12H25NO3. The Balaban J connectivity index is 4.01. The van der Waals surface area contributed by atoms with Crippen LogP contribution in [-0.4, -0.2) is 35.9 Å². The summed E-state index contributed by atoms with van der Waals surface area (Å²) in [5, 5.41) is 12.9. The zero-order chi connectivity index (χ0) is 12.8. The Labute approximate surface area is 98.4 Å². The fourth-order valence-corrected chi connectivity index (χ4v) is 1.23. The summed E-state index contributed by atoms with van der Waals surface area (Å²) < 4.78 is 5.21. The van der Waals surface area contributed by atoms with Gasteiger partial charge in [-0.15, -0.1) is 0 Å². The maximum absolute atomic E-state index is 11.6. The van der Waals surface area contributed by atoms with Gasteiger partial charge in [-0.2, -0.15) is 0 Å². The highest BCUT2D eigenvalue weighted by molar-refractivity contribution is 5.73. The molecule has 0 aliphatic carbocycles. The lowest BCUT2D eigenvalue weighted by atomic mass is 10.0. The summed E-state index contributed by atoms with van der Waals surface area (Å²) in [6.45, 7) is 10.8. The number of hydrogen-bond acceptors (Lipinski definition) is 4. The third kappa shape index (κ3) is 6.80. The van der Waals surface area contributed by atoms with E-state index in [4.69, 9.17) is 4.74 Å². The molecule has 0 bridgehead atoms. The quantitative estimate of drug-likeness (QED) is 0.535. The number of aliphatic hydroxyl groups excluding tert-OH is 1. The lowest BCUT2D eigenvalue weighted by Crippen LogP contribution is -2.34. The van der Waals surface area contributed by atoms with Gasteiger partial charge in [0, 0.05) is 0 Å². The number of ether oxygens (including phenoxy) is 1. The molecule has 0 rings (SSSR count). The first-order valence-electron chi connectivity index (χ1n) is 5.89. The molecule has 0 aromatic rings. The van der Waals surface area contributed by atoms with Crippen molar-refractivity contribution in [1.29, 1.82) is 0 Å². The Morgan fingerprint density at radius 3 is 2.44 bits per heavy atom. The fraction of sp³-hybridized carbons (Fsp3) is 0.917. The molecule has 0 aliphatic rings. The summed E-state index contributed by atoms with van der Waals surface area (Å²) in [6.07, 6.45) is -0.0808. The Hall–Kier alpha value is -0.610. The summed E-state index contributed by atoms with van der Waals surface area (Å²) >= 11 is 0. The first kappa shape index (κ1) is 15.4. The van der Waals surface area contributed by atoms with Gasteiger partial charge >= 0.3 is 5.97 Å². The summed E-state index contributed by atoms with van der Waals surface area (Å²) in [5.74, 6) is -0.811. The maximum Gasteiger partial charge on any atom is 0.311 e. The highest BCUT2D eigenvalue weighted by Crippen LogP contribution is 2.14. The summed E-state index contributed by atoms with van der Waals surface area (Å²) in [6, 6.07) is 0. The summed E-state index contributed by atoms with van der Waals surface area (Å²) in [7, 11) is 0. The molecular weight excluding hydrogens is 206 g/mol. The molecule has 0 heterocycles. The normalized spacial score (nSPS) is 15.6. The van der Waals surface area contributed by atoms with Gasteiger partial charge in [-0.05, 0) is 47.2 Å². The van der Waals surface area contributed by atoms with Crippen LogP contribution in [-0.2, 0) is 9.53 Å². The Bertz CT molecular complexity index is 211. The van der Waals surface area contributed by atoms with Crippen LogP contribution < -0.4 is 5.32 Å². The number of carbonyl (C=O) groups excluding carboxylic acids is 1. The predicted octanol–water partition coefficient (Wildman–Crippen LogP) is 1.32. The second-order valence-corrected chi connectivity index (χ2v) is 5.03. The standard InChI is InChI=1S/C12H25NO3/c1-6-13-8-7-10(14)9(2)11(15)16-12(3,4)5/h9-10,13-14H,6-8H2,1-5H3/t9-,10+/m1/s1. The van der Waals surface area contributed by atoms with E-state index < -0.39 is 17.6 Å². The van der Waals surface area contributed by atoms with Gasteiger partial charge in [-0.3, -0.25) is 4.79 Å². The molecule has 16 heavy (non-hydrogen) atoms. The molecule has 0 unspecified atom stereocenters. The van der Waals surface area contributed by atoms with Crippen LogP contribution in [0.2, 0.25) is 0 Å². The van der Waals surface area contributed by atoms with Gasteiger partial charge in [0.2, 0.25) is 0 Å². The van der Waals surface area contributed by atoms with Crippen LogP contribution in [0.15, 0.2) is 0 Å². The molecule has 2 N–H and O–H groups in total. The van der Waals surface area contributed by atoms with Crippen LogP contribution in [0.1, 0.15) is 41.0 Å². The zero-order valence-corrected chi connectivity index (χ0v) is 11.0. The van der Waals surface area contributed by atoms with Crippen molar-refractivity contribution >= 4 is 5.97 Å². The van der Waals surface area contributed by atoms with Crippen molar-refractivity contribution in [2.75, 3.05) is 13.1 Å². The number of carbonyl (C=O) groups is 1. The van der Waals surface area contributed by atoms with E-state index in [1.807, 2.05) is 27.7 Å². The Morgan fingerprint density at radius 1 is 1.44 bits per heavy atom. The average Bonchev–Trinajstić information content (AvgIpc) is 2.14. The van der Waals surface area contributed by atoms with E-state index in [2.05, 4.69) is 5.32 Å². The van der Waals surface area contributed by atoms with Crippen LogP contribution >= 0.6 is 0 Å². The molecule has 0 amide bonds. The van der Waals surface area contributed by atoms with Gasteiger partial charge in [0.25, 0.3) is 0 Å². The molecule has 96 valence electrons. The van der Waals surface area contributed by atoms with Gasteiger partial charge in [-0.25, -0.2) is 0 Å². The van der Waals surface area contributed by atoms with E-state index >= 15 is 0 Å². The van der Waals surface area contributed by atoms with Gasteiger partial charge < -0.3 is 15.2 Å². The lowest BCUT2D eigenvalue weighted by Gasteiger charge is -2.24. The SMILES string of the molecule is CCNCC[C@H](O)[C@@H](C)C(=O)OC(C)(C)C. The van der Waals surface area contributed by atoms with Crippen LogP contribution in [0.5, 0.6) is 0 Å². The van der Waals surface area contributed by atoms with E-state index in [9.17, 15) is 9.90 Å². The second-order valence-electron chi connectivity index (χ2n) is 5.03. The van der Waals surface area contributed by atoms with Crippen molar-refractivity contribution in [3.8, 4) is 0 Å². The van der Waals surface area contributed by atoms with Crippen molar-refractivity contribution in [2.45, 2.75) is 52.7 Å². The third-order valence-electron chi connectivity index (χ3n) is 2.22. The summed E-state index contributed by atoms with van der Waals surface area (Å²) in [4.78, 5) is 11.6. The third-order valence-corrected chi connectivity index (χ3v) is 2.22. The largest absolute Gasteiger partial charge is 0.460 e. The highest BCUT2D eigenvalue weighted by Gasteiger charge is 2.26. The maximum atomic E-state index is 11.6. The van der Waals surface area contributed by atoms with Crippen molar-refractivity contribution in [3.05, 3.63) is 0 Å². The molecule has 0 fully saturated rings. The molecule has 4 nitrogen and oxygen atoms in total. The average molecular weight is 231 g/mol. The number of esters is 1. The van der Waals surface area contributed by atoms with Crippen molar-refractivity contribution < 1.29 is 14.6 Å². The second kappa shape index (κ2) is 6.86. The smallest absolute Gasteiger partial charge is 0.311 e. The van der Waals surface area contributed by atoms with Gasteiger partial charge in [0.1, 0.15) is 5.60 Å². The van der Waals surface area contributed by atoms with Gasteiger partial charge in [0.05, 0.1) is 12.0 Å². The molecule has 0 spiro atoms. The summed E-state index contributed by atoms with van der Waals surface area (Å²) in [5.41, 5.74) is -0.493. The number of rotatable bonds is 6. The van der Waals surface area contributed by atoms with Gasteiger partial charge in [-0.1, -0.05) is 6.92 Å². The number of nitrogens with one attached hydrogen (secondary N) is 1. The molecule has 0 saturated carbocycles. The Kier molecular flexibility index (Phi) is 6.60. The van der Waals surface area contributed by atoms with Crippen LogP contribution in [0, 0.1) is 5.92 Å². The number of aliphatic hydroxyl groups is 1. The highest BCUT2D eigenvalue weighted by atomic mass is 16.6. The zero-order valence-electron chi connectivity index (χ0n) is 11.0. The first-order chi connectivity index (χ1) is 7.28. The van der Waals surface area contributed by atoms with Crippen molar-refractivity contribution in [1.82, 2.24) is 5.32 Å². The monoisotopic (exact) mass is 231 g/mol. The van der Waals surface area contributed by atoms with E-state index in [-0.39, 0.29) is 5.97 Å². The van der Waals surface area contributed by atoms with Crippen LogP contribution in [0.4, 0.5) is 0 Å². The van der Waals surface area contributed by atoms with E-state index in [0.717, 1.165) is 6.54 Å².